The second-order valence-corrected chi connectivity index (χ2v) is 7.73. The molecule has 1 heterocycles. The van der Waals surface area contributed by atoms with Gasteiger partial charge in [0.1, 0.15) is 17.2 Å². The number of nitrogens with one attached hydrogen (secondary N) is 1. The lowest BCUT2D eigenvalue weighted by Crippen LogP contribution is -2.32. The molecule has 0 bridgehead atoms. The van der Waals surface area contributed by atoms with Crippen LogP contribution in [0.5, 0.6) is 17.2 Å². The van der Waals surface area contributed by atoms with Crippen LogP contribution >= 0.6 is 0 Å². The molecule has 1 aliphatic heterocycles. The molecule has 33 heavy (non-hydrogen) atoms. The van der Waals surface area contributed by atoms with E-state index in [1.807, 2.05) is 48.5 Å². The van der Waals surface area contributed by atoms with Crippen molar-refractivity contribution in [3.05, 3.63) is 83.4 Å². The summed E-state index contributed by atoms with van der Waals surface area (Å²) >= 11 is 0. The van der Waals surface area contributed by atoms with Crippen molar-refractivity contribution in [3.63, 3.8) is 0 Å². The van der Waals surface area contributed by atoms with Gasteiger partial charge in [0.2, 0.25) is 5.91 Å². The van der Waals surface area contributed by atoms with Crippen LogP contribution in [0.15, 0.2) is 66.7 Å². The molecular weight excluding hydrogens is 420 g/mol. The summed E-state index contributed by atoms with van der Waals surface area (Å²) in [7, 11) is 4.70. The highest BCUT2D eigenvalue weighted by Crippen LogP contribution is 2.34. The van der Waals surface area contributed by atoms with Crippen molar-refractivity contribution in [1.82, 2.24) is 4.90 Å². The number of methoxy groups -OCH3 is 3. The fourth-order valence-electron chi connectivity index (χ4n) is 4.03. The highest BCUT2D eigenvalue weighted by molar-refractivity contribution is 5.99. The highest BCUT2D eigenvalue weighted by Gasteiger charge is 2.34. The minimum Gasteiger partial charge on any atom is -0.497 e. The monoisotopic (exact) mass is 446 g/mol. The maximum Gasteiger partial charge on any atom is 0.255 e. The van der Waals surface area contributed by atoms with Gasteiger partial charge < -0.3 is 24.4 Å². The summed E-state index contributed by atoms with van der Waals surface area (Å²) in [5, 5.41) is 2.91. The number of amides is 2. The van der Waals surface area contributed by atoms with E-state index in [-0.39, 0.29) is 18.2 Å². The van der Waals surface area contributed by atoms with E-state index in [4.69, 9.17) is 14.2 Å². The van der Waals surface area contributed by atoms with Gasteiger partial charge in [-0.05, 0) is 29.3 Å². The van der Waals surface area contributed by atoms with Gasteiger partial charge >= 0.3 is 0 Å². The number of nitrogens with zero attached hydrogens (tertiary/aromatic N) is 1. The van der Waals surface area contributed by atoms with Crippen LogP contribution in [-0.4, -0.2) is 38.0 Å². The number of hydrogen-bond acceptors (Lipinski definition) is 5. The number of carbonyl (C=O) groups excluding carboxylic acids is 2. The van der Waals surface area contributed by atoms with E-state index in [2.05, 4.69) is 5.32 Å². The minimum absolute atomic E-state index is 0.0812. The maximum absolute atomic E-state index is 13.2. The summed E-state index contributed by atoms with van der Waals surface area (Å²) in [6.07, 6.45) is 0.0889. The van der Waals surface area contributed by atoms with Gasteiger partial charge in [-0.25, -0.2) is 0 Å². The van der Waals surface area contributed by atoms with Crippen LogP contribution in [0, 0.1) is 0 Å². The lowest BCUT2D eigenvalue weighted by Gasteiger charge is -2.28. The van der Waals surface area contributed by atoms with Crippen molar-refractivity contribution >= 4 is 17.5 Å². The molecule has 170 valence electrons. The molecule has 1 N–H and O–H groups in total. The fourth-order valence-corrected chi connectivity index (χ4v) is 4.03. The third kappa shape index (κ3) is 4.77. The summed E-state index contributed by atoms with van der Waals surface area (Å²) in [4.78, 5) is 28.0. The van der Waals surface area contributed by atoms with Gasteiger partial charge in [0, 0.05) is 36.0 Å². The van der Waals surface area contributed by atoms with E-state index in [1.54, 1.807) is 44.4 Å². The standard InChI is InChI=1S/C26H26N2O5/c1-31-20-10-8-17(9-11-20)24(28-16-18-6-4-5-7-23(18)26(28)30)15-25(29)27-19-12-21(32-2)14-22(13-19)33-3/h4-14,24H,15-16H2,1-3H3,(H,27,29)/t24-/m0/s1. The van der Waals surface area contributed by atoms with Crippen molar-refractivity contribution in [2.45, 2.75) is 19.0 Å². The minimum atomic E-state index is -0.441. The van der Waals surface area contributed by atoms with Crippen molar-refractivity contribution in [2.24, 2.45) is 0 Å². The second kappa shape index (κ2) is 9.65. The number of ether oxygens (including phenoxy) is 3. The molecule has 2 amide bonds. The van der Waals surface area contributed by atoms with Gasteiger partial charge in [-0.2, -0.15) is 0 Å². The molecule has 0 saturated heterocycles. The van der Waals surface area contributed by atoms with E-state index in [0.717, 1.165) is 11.1 Å². The summed E-state index contributed by atoms with van der Waals surface area (Å²) in [6.45, 7) is 0.450. The molecule has 0 unspecified atom stereocenters. The number of fused-ring (bicyclic) bond motifs is 1. The molecule has 3 aromatic carbocycles. The lowest BCUT2D eigenvalue weighted by molar-refractivity contribution is -0.117. The van der Waals surface area contributed by atoms with E-state index in [9.17, 15) is 9.59 Å². The van der Waals surface area contributed by atoms with Crippen molar-refractivity contribution in [2.75, 3.05) is 26.6 Å². The van der Waals surface area contributed by atoms with Crippen LogP contribution in [0.2, 0.25) is 0 Å². The molecule has 0 spiro atoms. The molecule has 3 aromatic rings. The Morgan fingerprint density at radius 3 is 2.15 bits per heavy atom. The molecule has 7 heteroatoms. The predicted molar refractivity (Wildman–Crippen MR) is 125 cm³/mol. The average Bonchev–Trinajstić information content (AvgIpc) is 3.18. The lowest BCUT2D eigenvalue weighted by atomic mass is 10.0. The van der Waals surface area contributed by atoms with Crippen molar-refractivity contribution < 1.29 is 23.8 Å². The average molecular weight is 447 g/mol. The van der Waals surface area contributed by atoms with Crippen molar-refractivity contribution in [1.29, 1.82) is 0 Å². The normalized spacial score (nSPS) is 13.3. The molecule has 4 rings (SSSR count). The summed E-state index contributed by atoms with van der Waals surface area (Å²) in [5.41, 5.74) is 3.05. The Bertz CT molecular complexity index is 1140. The molecule has 1 atom stereocenters. The number of carbonyl (C=O) groups is 2. The molecule has 0 fully saturated rings. The Morgan fingerprint density at radius 2 is 1.55 bits per heavy atom. The molecule has 0 aliphatic carbocycles. The van der Waals surface area contributed by atoms with Gasteiger partial charge in [-0.3, -0.25) is 9.59 Å². The number of benzene rings is 3. The number of hydrogen-bond donors (Lipinski definition) is 1. The second-order valence-electron chi connectivity index (χ2n) is 7.73. The van der Waals surface area contributed by atoms with Gasteiger partial charge in [-0.1, -0.05) is 30.3 Å². The van der Waals surface area contributed by atoms with E-state index in [0.29, 0.717) is 35.0 Å². The predicted octanol–water partition coefficient (Wildman–Crippen LogP) is 4.44. The summed E-state index contributed by atoms with van der Waals surface area (Å²) in [6, 6.07) is 19.7. The molecule has 0 aromatic heterocycles. The van der Waals surface area contributed by atoms with Crippen LogP contribution in [0.25, 0.3) is 0 Å². The van der Waals surface area contributed by atoms with Crippen LogP contribution in [-0.2, 0) is 11.3 Å². The SMILES string of the molecule is COc1ccc([C@H](CC(=O)Nc2cc(OC)cc(OC)c2)N2Cc3ccccc3C2=O)cc1. The first-order valence-electron chi connectivity index (χ1n) is 10.6. The van der Waals surface area contributed by atoms with Crippen molar-refractivity contribution in [3.8, 4) is 17.2 Å². The third-order valence-electron chi connectivity index (χ3n) is 5.74. The van der Waals surface area contributed by atoms with Gasteiger partial charge in [-0.15, -0.1) is 0 Å². The topological polar surface area (TPSA) is 77.1 Å². The van der Waals surface area contributed by atoms with Gasteiger partial charge in [0.05, 0.1) is 33.8 Å². The van der Waals surface area contributed by atoms with Crippen LogP contribution < -0.4 is 19.5 Å². The molecule has 1 aliphatic rings. The van der Waals surface area contributed by atoms with E-state index in [1.165, 1.54) is 0 Å². The van der Waals surface area contributed by atoms with E-state index >= 15 is 0 Å². The largest absolute Gasteiger partial charge is 0.497 e. The molecular formula is C26H26N2O5. The molecule has 0 saturated carbocycles. The van der Waals surface area contributed by atoms with Gasteiger partial charge in [0.15, 0.2) is 0 Å². The van der Waals surface area contributed by atoms with Crippen LogP contribution in [0.4, 0.5) is 5.69 Å². The Kier molecular flexibility index (Phi) is 6.49. The maximum atomic E-state index is 13.2. The fraction of sp³-hybridized carbons (Fsp3) is 0.231. The first-order valence-corrected chi connectivity index (χ1v) is 10.6. The zero-order chi connectivity index (χ0) is 23.4. The Hall–Kier alpha value is -4.00. The summed E-state index contributed by atoms with van der Waals surface area (Å²) in [5.74, 6) is 1.54. The van der Waals surface area contributed by atoms with Crippen LogP contribution in [0.3, 0.4) is 0 Å². The highest BCUT2D eigenvalue weighted by atomic mass is 16.5. The Labute approximate surface area is 192 Å². The summed E-state index contributed by atoms with van der Waals surface area (Å²) < 4.78 is 15.8. The Balaban J connectivity index is 1.60. The zero-order valence-corrected chi connectivity index (χ0v) is 18.8. The van der Waals surface area contributed by atoms with Gasteiger partial charge in [0.25, 0.3) is 5.91 Å². The zero-order valence-electron chi connectivity index (χ0n) is 18.8. The first-order chi connectivity index (χ1) is 16.0. The number of anilines is 1. The molecule has 7 nitrogen and oxygen atoms in total. The smallest absolute Gasteiger partial charge is 0.255 e. The molecule has 0 radical (unpaired) electrons. The number of rotatable bonds is 8. The van der Waals surface area contributed by atoms with Crippen LogP contribution in [0.1, 0.15) is 33.9 Å². The third-order valence-corrected chi connectivity index (χ3v) is 5.74. The quantitative estimate of drug-likeness (QED) is 0.554. The van der Waals surface area contributed by atoms with E-state index < -0.39 is 6.04 Å². The first kappa shape index (κ1) is 22.2. The Morgan fingerprint density at radius 1 is 0.909 bits per heavy atom.